The number of aliphatic carboxylic acids is 1. The molecular formula is C31H41N3O4. The van der Waals surface area contributed by atoms with Crippen LogP contribution in [0.25, 0.3) is 22.0 Å². The van der Waals surface area contributed by atoms with Crippen molar-refractivity contribution in [1.29, 1.82) is 0 Å². The summed E-state index contributed by atoms with van der Waals surface area (Å²) in [5.74, 6) is -0.963. The highest BCUT2D eigenvalue weighted by Crippen LogP contribution is 2.47. The third-order valence-electron chi connectivity index (χ3n) is 7.82. The van der Waals surface area contributed by atoms with Crippen LogP contribution in [-0.2, 0) is 20.8 Å². The van der Waals surface area contributed by atoms with Crippen LogP contribution in [0.2, 0.25) is 0 Å². The van der Waals surface area contributed by atoms with E-state index in [-0.39, 0.29) is 0 Å². The molecule has 0 saturated carbocycles. The number of morpholine rings is 1. The fourth-order valence-electron chi connectivity index (χ4n) is 6.02. The van der Waals surface area contributed by atoms with Crippen LogP contribution in [0.4, 0.5) is 5.69 Å². The second-order valence-corrected chi connectivity index (χ2v) is 11.7. The molecule has 0 spiro atoms. The predicted octanol–water partition coefficient (Wildman–Crippen LogP) is 5.33. The van der Waals surface area contributed by atoms with Crippen LogP contribution >= 0.6 is 0 Å². The van der Waals surface area contributed by atoms with Crippen LogP contribution in [0.1, 0.15) is 49.3 Å². The minimum Gasteiger partial charge on any atom is -0.479 e. The van der Waals surface area contributed by atoms with Gasteiger partial charge in [-0.05, 0) is 64.3 Å². The molecule has 7 nitrogen and oxygen atoms in total. The number of benzene rings is 2. The van der Waals surface area contributed by atoms with E-state index in [0.717, 1.165) is 85.8 Å². The summed E-state index contributed by atoms with van der Waals surface area (Å²) in [5, 5.41) is 11.6. The monoisotopic (exact) mass is 519 g/mol. The lowest BCUT2D eigenvalue weighted by Gasteiger charge is -2.37. The summed E-state index contributed by atoms with van der Waals surface area (Å²) >= 11 is 0. The highest BCUT2D eigenvalue weighted by atomic mass is 16.5. The van der Waals surface area contributed by atoms with E-state index >= 15 is 0 Å². The number of carboxylic acid groups (broad SMARTS) is 1. The maximum atomic E-state index is 12.8. The molecule has 204 valence electrons. The maximum absolute atomic E-state index is 12.8. The van der Waals surface area contributed by atoms with Crippen molar-refractivity contribution >= 4 is 22.6 Å². The van der Waals surface area contributed by atoms with Crippen molar-refractivity contribution in [2.45, 2.75) is 59.8 Å². The Kier molecular flexibility index (Phi) is 7.29. The quantitative estimate of drug-likeness (QED) is 0.455. The highest BCUT2D eigenvalue weighted by Gasteiger charge is 2.36. The highest BCUT2D eigenvalue weighted by molar-refractivity contribution is 6.07. The van der Waals surface area contributed by atoms with E-state index in [1.807, 2.05) is 20.8 Å². The molecule has 1 atom stereocenters. The zero-order valence-electron chi connectivity index (χ0n) is 23.6. The van der Waals surface area contributed by atoms with Crippen LogP contribution in [0.5, 0.6) is 0 Å². The molecule has 7 heteroatoms. The van der Waals surface area contributed by atoms with Gasteiger partial charge in [0.25, 0.3) is 0 Å². The molecule has 3 heterocycles. The Bertz CT molecular complexity index is 1330. The first-order valence-electron chi connectivity index (χ1n) is 13.7. The minimum absolute atomic E-state index is 0.621. The molecule has 1 N–H and O–H groups in total. The fourth-order valence-corrected chi connectivity index (χ4v) is 6.02. The Morgan fingerprint density at radius 1 is 1.03 bits per heavy atom. The third-order valence-corrected chi connectivity index (χ3v) is 7.82. The molecule has 2 aromatic carbocycles. The van der Waals surface area contributed by atoms with Gasteiger partial charge >= 0.3 is 5.97 Å². The van der Waals surface area contributed by atoms with Gasteiger partial charge < -0.3 is 24.0 Å². The van der Waals surface area contributed by atoms with Crippen LogP contribution in [0.15, 0.2) is 30.3 Å². The smallest absolute Gasteiger partial charge is 0.337 e. The summed E-state index contributed by atoms with van der Waals surface area (Å²) in [5.41, 5.74) is 7.83. The molecule has 0 amide bonds. The van der Waals surface area contributed by atoms with Crippen molar-refractivity contribution in [2.75, 3.05) is 50.8 Å². The van der Waals surface area contributed by atoms with Gasteiger partial charge in [0.05, 0.1) is 30.0 Å². The summed E-state index contributed by atoms with van der Waals surface area (Å²) in [6, 6.07) is 10.6. The SMILES string of the molecule is Cc1ccc(-c2c([C@H](OC(C)(C)C)C(=O)O)c(C)c3c4c2cc(C)n4CCN3CCN2CCOCC2)cc1. The fraction of sp³-hybridized carbons (Fsp3) is 0.516. The van der Waals surface area contributed by atoms with Crippen molar-refractivity contribution in [3.8, 4) is 11.1 Å². The molecule has 5 rings (SSSR count). The van der Waals surface area contributed by atoms with Gasteiger partial charge in [0.15, 0.2) is 6.10 Å². The Morgan fingerprint density at radius 3 is 2.34 bits per heavy atom. The zero-order valence-corrected chi connectivity index (χ0v) is 23.6. The summed E-state index contributed by atoms with van der Waals surface area (Å²) < 4.78 is 14.3. The van der Waals surface area contributed by atoms with Gasteiger partial charge in [0, 0.05) is 55.9 Å². The van der Waals surface area contributed by atoms with Crippen molar-refractivity contribution in [2.24, 2.45) is 0 Å². The largest absolute Gasteiger partial charge is 0.479 e. The van der Waals surface area contributed by atoms with Crippen LogP contribution in [0, 0.1) is 20.8 Å². The van der Waals surface area contributed by atoms with E-state index in [0.29, 0.717) is 0 Å². The molecule has 2 aliphatic heterocycles. The van der Waals surface area contributed by atoms with E-state index in [4.69, 9.17) is 9.47 Å². The molecule has 1 fully saturated rings. The number of carbonyl (C=O) groups is 1. The number of aryl methyl sites for hydroxylation is 2. The first-order chi connectivity index (χ1) is 18.0. The molecule has 38 heavy (non-hydrogen) atoms. The summed E-state index contributed by atoms with van der Waals surface area (Å²) in [4.78, 5) is 17.8. The number of anilines is 1. The topological polar surface area (TPSA) is 67.2 Å². The molecule has 1 aromatic heterocycles. The average Bonchev–Trinajstić information content (AvgIpc) is 3.20. The van der Waals surface area contributed by atoms with E-state index in [1.54, 1.807) is 0 Å². The van der Waals surface area contributed by atoms with Crippen molar-refractivity contribution < 1.29 is 19.4 Å². The molecule has 1 saturated heterocycles. The summed E-state index contributed by atoms with van der Waals surface area (Å²) in [6.45, 7) is 19.2. The Morgan fingerprint density at radius 2 is 1.71 bits per heavy atom. The lowest BCUT2D eigenvalue weighted by Crippen LogP contribution is -2.43. The van der Waals surface area contributed by atoms with Gasteiger partial charge in [0.2, 0.25) is 0 Å². The number of ether oxygens (including phenoxy) is 2. The van der Waals surface area contributed by atoms with Gasteiger partial charge in [-0.25, -0.2) is 4.79 Å². The summed E-state index contributed by atoms with van der Waals surface area (Å²) in [7, 11) is 0. The Hall–Kier alpha value is -2.87. The first kappa shape index (κ1) is 26.7. The molecular weight excluding hydrogens is 478 g/mol. The van der Waals surface area contributed by atoms with Gasteiger partial charge in [-0.2, -0.15) is 0 Å². The van der Waals surface area contributed by atoms with Crippen LogP contribution in [0.3, 0.4) is 0 Å². The molecule has 0 bridgehead atoms. The van der Waals surface area contributed by atoms with E-state index < -0.39 is 17.7 Å². The van der Waals surface area contributed by atoms with E-state index in [1.165, 1.54) is 16.8 Å². The molecule has 0 aliphatic carbocycles. The second kappa shape index (κ2) is 10.4. The Labute approximate surface area is 225 Å². The molecule has 3 aromatic rings. The number of aromatic nitrogens is 1. The first-order valence-corrected chi connectivity index (χ1v) is 13.7. The molecule has 0 unspecified atom stereocenters. The molecule has 0 radical (unpaired) electrons. The van der Waals surface area contributed by atoms with Gasteiger partial charge in [0.1, 0.15) is 0 Å². The lowest BCUT2D eigenvalue weighted by molar-refractivity contribution is -0.160. The average molecular weight is 520 g/mol. The number of rotatable bonds is 7. The zero-order chi connectivity index (χ0) is 27.2. The molecule has 2 aliphatic rings. The van der Waals surface area contributed by atoms with Crippen molar-refractivity contribution in [3.05, 3.63) is 52.7 Å². The minimum atomic E-state index is -1.08. The van der Waals surface area contributed by atoms with Crippen LogP contribution in [-0.4, -0.2) is 72.1 Å². The Balaban J connectivity index is 1.73. The third kappa shape index (κ3) is 5.07. The van der Waals surface area contributed by atoms with Crippen molar-refractivity contribution in [1.82, 2.24) is 9.47 Å². The van der Waals surface area contributed by atoms with E-state index in [9.17, 15) is 9.90 Å². The van der Waals surface area contributed by atoms with Gasteiger partial charge in [-0.3, -0.25) is 4.90 Å². The predicted molar refractivity (Wildman–Crippen MR) is 152 cm³/mol. The van der Waals surface area contributed by atoms with Gasteiger partial charge in [-0.1, -0.05) is 29.8 Å². The number of nitrogens with zero attached hydrogens (tertiary/aromatic N) is 3. The number of hydrogen-bond donors (Lipinski definition) is 1. The summed E-state index contributed by atoms with van der Waals surface area (Å²) in [6.07, 6.45) is -1.08. The number of hydrogen-bond acceptors (Lipinski definition) is 5. The second-order valence-electron chi connectivity index (χ2n) is 11.7. The maximum Gasteiger partial charge on any atom is 0.337 e. The van der Waals surface area contributed by atoms with E-state index in [2.05, 4.69) is 65.5 Å². The van der Waals surface area contributed by atoms with Crippen molar-refractivity contribution in [3.63, 3.8) is 0 Å². The standard InChI is InChI=1S/C31H41N3O4/c1-20-7-9-23(10-8-20)26-24-19-21(2)34-14-13-33(12-11-32-15-17-37-18-16-32)27(28(24)34)22(3)25(26)29(30(35)36)38-31(4,5)6/h7-10,19,29H,11-18H2,1-6H3,(H,35,36)/t29-/m0/s1. The van der Waals surface area contributed by atoms with Crippen LogP contribution < -0.4 is 4.90 Å². The normalized spacial score (nSPS) is 17.3. The lowest BCUT2D eigenvalue weighted by atomic mass is 9.87. The van der Waals surface area contributed by atoms with Gasteiger partial charge in [-0.15, -0.1) is 0 Å². The number of carboxylic acids is 1.